The van der Waals surface area contributed by atoms with Gasteiger partial charge in [-0.25, -0.2) is 0 Å². The molecule has 1 heterocycles. The highest BCUT2D eigenvalue weighted by Crippen LogP contribution is 2.05. The molecule has 0 aromatic carbocycles. The minimum Gasteiger partial charge on any atom is -0.104 e. The van der Waals surface area contributed by atoms with Crippen LogP contribution in [-0.2, 0) is 0 Å². The molecule has 0 bridgehead atoms. The first-order valence-electron chi connectivity index (χ1n) is 2.81. The molecule has 0 atom stereocenters. The van der Waals surface area contributed by atoms with E-state index in [1.165, 1.54) is 5.20 Å². The van der Waals surface area contributed by atoms with Gasteiger partial charge in [0.15, 0.2) is 0 Å². The van der Waals surface area contributed by atoms with Crippen molar-refractivity contribution >= 4 is 8.80 Å². The molecule has 0 radical (unpaired) electrons. The van der Waals surface area contributed by atoms with Crippen LogP contribution in [0.3, 0.4) is 0 Å². The Morgan fingerprint density at radius 1 is 1.38 bits per heavy atom. The lowest BCUT2D eigenvalue weighted by Crippen LogP contribution is -2.03. The molecular formula is C7H10Si. The van der Waals surface area contributed by atoms with Gasteiger partial charge in [0.05, 0.1) is 0 Å². The summed E-state index contributed by atoms with van der Waals surface area (Å²) in [6.07, 6.45) is 4.23. The van der Waals surface area contributed by atoms with Crippen LogP contribution >= 0.6 is 0 Å². The van der Waals surface area contributed by atoms with Crippen LogP contribution < -0.4 is 0 Å². The van der Waals surface area contributed by atoms with Crippen molar-refractivity contribution in [2.24, 2.45) is 0 Å². The third-order valence-corrected chi connectivity index (χ3v) is 3.73. The number of hydrogen-bond acceptors (Lipinski definition) is 0. The summed E-state index contributed by atoms with van der Waals surface area (Å²) in [7, 11) is -0.710. The molecule has 0 amide bonds. The molecular weight excluding hydrogens is 112 g/mol. The highest BCUT2D eigenvalue weighted by Gasteiger charge is 2.03. The Bertz CT molecular complexity index is 142. The Hall–Kier alpha value is -0.563. The summed E-state index contributed by atoms with van der Waals surface area (Å²) in [5.41, 5.74) is 4.56. The van der Waals surface area contributed by atoms with Crippen molar-refractivity contribution < 1.29 is 0 Å². The minimum absolute atomic E-state index is 0.710. The number of hydrogen-bond donors (Lipinski definition) is 0. The first-order valence-corrected chi connectivity index (χ1v) is 4.72. The van der Waals surface area contributed by atoms with E-state index in [0.29, 0.717) is 0 Å². The standard InChI is InChI=1S/C7H10Si/c1-7(2)8-5-3-4-6-8/h3-6,8H,1H2,2H3. The van der Waals surface area contributed by atoms with Crippen LogP contribution in [0.5, 0.6) is 0 Å². The molecule has 1 aliphatic heterocycles. The van der Waals surface area contributed by atoms with E-state index in [9.17, 15) is 0 Å². The summed E-state index contributed by atoms with van der Waals surface area (Å²) >= 11 is 0. The molecule has 0 spiro atoms. The lowest BCUT2D eigenvalue weighted by molar-refractivity contribution is 1.68. The van der Waals surface area contributed by atoms with E-state index in [2.05, 4.69) is 37.1 Å². The molecule has 0 aromatic rings. The molecule has 0 unspecified atom stereocenters. The van der Waals surface area contributed by atoms with Gasteiger partial charge in [-0.1, -0.05) is 28.7 Å². The summed E-state index contributed by atoms with van der Waals surface area (Å²) in [5.74, 6) is 0. The fraction of sp³-hybridized carbons (Fsp3) is 0.143. The average molecular weight is 122 g/mol. The van der Waals surface area contributed by atoms with Gasteiger partial charge in [-0.15, -0.1) is 6.58 Å². The lowest BCUT2D eigenvalue weighted by Gasteiger charge is -1.97. The topological polar surface area (TPSA) is 0 Å². The molecule has 1 aliphatic rings. The molecule has 1 rings (SSSR count). The van der Waals surface area contributed by atoms with Crippen LogP contribution in [0.2, 0.25) is 0 Å². The van der Waals surface area contributed by atoms with Crippen molar-refractivity contribution in [3.05, 3.63) is 35.3 Å². The quantitative estimate of drug-likeness (QED) is 0.463. The van der Waals surface area contributed by atoms with Crippen molar-refractivity contribution in [2.45, 2.75) is 6.92 Å². The zero-order chi connectivity index (χ0) is 5.98. The molecule has 0 saturated carbocycles. The number of allylic oxidation sites excluding steroid dienone is 3. The highest BCUT2D eigenvalue weighted by molar-refractivity contribution is 6.77. The van der Waals surface area contributed by atoms with Gasteiger partial charge < -0.3 is 0 Å². The Morgan fingerprint density at radius 3 is 2.12 bits per heavy atom. The summed E-state index contributed by atoms with van der Waals surface area (Å²) in [6, 6.07) is 0. The third-order valence-electron chi connectivity index (χ3n) is 1.32. The van der Waals surface area contributed by atoms with Crippen molar-refractivity contribution in [3.63, 3.8) is 0 Å². The molecule has 8 heavy (non-hydrogen) atoms. The van der Waals surface area contributed by atoms with Gasteiger partial charge in [0, 0.05) is 0 Å². The Balaban J connectivity index is 2.62. The minimum atomic E-state index is -0.710. The van der Waals surface area contributed by atoms with Gasteiger partial charge in [0.25, 0.3) is 0 Å². The van der Waals surface area contributed by atoms with Gasteiger partial charge in [-0.3, -0.25) is 0 Å². The molecule has 42 valence electrons. The average Bonchev–Trinajstić information content (AvgIpc) is 2.12. The smallest absolute Gasteiger partial charge is 0.104 e. The van der Waals surface area contributed by atoms with Crippen molar-refractivity contribution in [1.82, 2.24) is 0 Å². The molecule has 0 nitrogen and oxygen atoms in total. The lowest BCUT2D eigenvalue weighted by atomic mass is 10.6. The Kier molecular flexibility index (Phi) is 1.49. The zero-order valence-corrected chi connectivity index (χ0v) is 6.25. The van der Waals surface area contributed by atoms with Gasteiger partial charge in [-0.2, -0.15) is 0 Å². The van der Waals surface area contributed by atoms with E-state index < -0.39 is 8.80 Å². The SMILES string of the molecule is C=C(C)[SiH]1C=CC=C1. The van der Waals surface area contributed by atoms with E-state index >= 15 is 0 Å². The Morgan fingerprint density at radius 2 is 1.88 bits per heavy atom. The van der Waals surface area contributed by atoms with Crippen LogP contribution in [0, 0.1) is 0 Å². The maximum absolute atomic E-state index is 3.90. The zero-order valence-electron chi connectivity index (χ0n) is 5.09. The van der Waals surface area contributed by atoms with E-state index in [0.717, 1.165) is 0 Å². The van der Waals surface area contributed by atoms with Gasteiger partial charge in [-0.05, 0) is 6.92 Å². The summed E-state index contributed by atoms with van der Waals surface area (Å²) < 4.78 is 0. The van der Waals surface area contributed by atoms with Crippen LogP contribution in [0.15, 0.2) is 35.3 Å². The second-order valence-electron chi connectivity index (χ2n) is 2.14. The second kappa shape index (κ2) is 2.14. The predicted octanol–water partition coefficient (Wildman–Crippen LogP) is 1.53. The third kappa shape index (κ3) is 0.983. The molecule has 0 saturated heterocycles. The van der Waals surface area contributed by atoms with E-state index in [4.69, 9.17) is 0 Å². The first kappa shape index (κ1) is 5.57. The normalized spacial score (nSPS) is 17.6. The number of rotatable bonds is 1. The monoisotopic (exact) mass is 122 g/mol. The summed E-state index contributed by atoms with van der Waals surface area (Å²) in [4.78, 5) is 0. The molecule has 1 heteroatoms. The van der Waals surface area contributed by atoms with Gasteiger partial charge >= 0.3 is 0 Å². The van der Waals surface area contributed by atoms with Gasteiger partial charge in [0.1, 0.15) is 8.80 Å². The molecule has 0 aliphatic carbocycles. The predicted molar refractivity (Wildman–Crippen MR) is 40.2 cm³/mol. The van der Waals surface area contributed by atoms with Crippen LogP contribution in [0.25, 0.3) is 0 Å². The largest absolute Gasteiger partial charge is 0.112 e. The van der Waals surface area contributed by atoms with Crippen molar-refractivity contribution in [3.8, 4) is 0 Å². The van der Waals surface area contributed by atoms with E-state index in [-0.39, 0.29) is 0 Å². The Labute approximate surface area is 51.8 Å². The summed E-state index contributed by atoms with van der Waals surface area (Å²) in [5, 5.41) is 1.36. The van der Waals surface area contributed by atoms with Gasteiger partial charge in [0.2, 0.25) is 0 Å². The van der Waals surface area contributed by atoms with Crippen LogP contribution in [0.4, 0.5) is 0 Å². The highest BCUT2D eigenvalue weighted by atomic mass is 28.3. The molecule has 0 aromatic heterocycles. The van der Waals surface area contributed by atoms with E-state index in [1.54, 1.807) is 0 Å². The fourth-order valence-electron chi connectivity index (χ4n) is 0.760. The second-order valence-corrected chi connectivity index (χ2v) is 4.95. The maximum Gasteiger partial charge on any atom is 0.112 e. The van der Waals surface area contributed by atoms with E-state index in [1.807, 2.05) is 0 Å². The van der Waals surface area contributed by atoms with Crippen LogP contribution in [0.1, 0.15) is 6.92 Å². The van der Waals surface area contributed by atoms with Crippen molar-refractivity contribution in [1.29, 1.82) is 0 Å². The summed E-state index contributed by atoms with van der Waals surface area (Å²) in [6.45, 7) is 6.00. The molecule has 0 N–H and O–H groups in total. The molecule has 0 fully saturated rings. The van der Waals surface area contributed by atoms with Crippen LogP contribution in [-0.4, -0.2) is 8.80 Å². The van der Waals surface area contributed by atoms with Crippen molar-refractivity contribution in [2.75, 3.05) is 0 Å². The first-order chi connectivity index (χ1) is 3.80. The maximum atomic E-state index is 3.90. The fourth-order valence-corrected chi connectivity index (χ4v) is 2.28.